The van der Waals surface area contributed by atoms with E-state index in [0.717, 1.165) is 0 Å². The fourth-order valence-electron chi connectivity index (χ4n) is 2.34. The maximum absolute atomic E-state index is 10.1. The first-order chi connectivity index (χ1) is 10.1. The molecule has 0 amide bonds. The van der Waals surface area contributed by atoms with Crippen molar-refractivity contribution >= 4 is 5.69 Å². The minimum Gasteiger partial charge on any atom is -0.462 e. The van der Waals surface area contributed by atoms with Crippen LogP contribution in [0.1, 0.15) is 0 Å². The van der Waals surface area contributed by atoms with E-state index in [4.69, 9.17) is 24.7 Å². The summed E-state index contributed by atoms with van der Waals surface area (Å²) in [6.07, 6.45) is -3.93. The molecule has 7 heteroatoms. The first-order valence-electron chi connectivity index (χ1n) is 6.63. The van der Waals surface area contributed by atoms with Crippen LogP contribution in [-0.4, -0.2) is 61.7 Å². The zero-order valence-electron chi connectivity index (χ0n) is 12.0. The van der Waals surface area contributed by atoms with Crippen molar-refractivity contribution in [3.8, 4) is 5.75 Å². The Hall–Kier alpha value is -1.38. The summed E-state index contributed by atoms with van der Waals surface area (Å²) >= 11 is 0. The third kappa shape index (κ3) is 3.45. The number of aliphatic hydroxyl groups excluding tert-OH is 2. The number of hydrogen-bond donors (Lipinski definition) is 3. The minimum absolute atomic E-state index is 0.348. The monoisotopic (exact) mass is 299 g/mol. The van der Waals surface area contributed by atoms with Gasteiger partial charge < -0.3 is 34.9 Å². The van der Waals surface area contributed by atoms with Crippen molar-refractivity contribution in [1.82, 2.24) is 0 Å². The maximum Gasteiger partial charge on any atom is 0.229 e. The highest BCUT2D eigenvalue weighted by Gasteiger charge is 2.47. The molecule has 1 fully saturated rings. The Kier molecular flexibility index (Phi) is 5.38. The smallest absolute Gasteiger partial charge is 0.229 e. The minimum atomic E-state index is -1.00. The van der Waals surface area contributed by atoms with Crippen molar-refractivity contribution in [2.24, 2.45) is 0 Å². The largest absolute Gasteiger partial charge is 0.462 e. The lowest BCUT2D eigenvalue weighted by atomic mass is 9.99. The molecule has 2 rings (SSSR count). The summed E-state index contributed by atoms with van der Waals surface area (Å²) in [6.45, 7) is -0.348. The third-order valence-electron chi connectivity index (χ3n) is 3.48. The highest BCUT2D eigenvalue weighted by atomic mass is 16.7. The fourth-order valence-corrected chi connectivity index (χ4v) is 2.34. The topological polar surface area (TPSA) is 103 Å². The van der Waals surface area contributed by atoms with E-state index < -0.39 is 30.7 Å². The van der Waals surface area contributed by atoms with Crippen LogP contribution >= 0.6 is 0 Å². The second-order valence-corrected chi connectivity index (χ2v) is 4.80. The van der Waals surface area contributed by atoms with Gasteiger partial charge in [0, 0.05) is 19.9 Å². The van der Waals surface area contributed by atoms with E-state index in [9.17, 15) is 10.2 Å². The molecular weight excluding hydrogens is 278 g/mol. The van der Waals surface area contributed by atoms with Crippen molar-refractivity contribution in [3.05, 3.63) is 24.3 Å². The Labute approximate surface area is 123 Å². The molecule has 0 bridgehead atoms. The second-order valence-electron chi connectivity index (χ2n) is 4.80. The molecule has 1 saturated heterocycles. The van der Waals surface area contributed by atoms with Crippen molar-refractivity contribution in [1.29, 1.82) is 0 Å². The standard InChI is InChI=1S/C14H21NO6/c1-18-12-11(17)10(7-16)21-14(13(12)19-2)20-9-5-3-8(15)4-6-9/h3-6,10-14,16-17H,7,15H2,1-2H3/t10-,11-,12+,13+,14+/m1/s1. The van der Waals surface area contributed by atoms with E-state index >= 15 is 0 Å². The van der Waals surface area contributed by atoms with E-state index in [1.165, 1.54) is 14.2 Å². The van der Waals surface area contributed by atoms with Gasteiger partial charge in [0.15, 0.2) is 0 Å². The van der Waals surface area contributed by atoms with Gasteiger partial charge in [-0.2, -0.15) is 0 Å². The van der Waals surface area contributed by atoms with Crippen LogP contribution < -0.4 is 10.5 Å². The number of benzene rings is 1. The average molecular weight is 299 g/mol. The Bertz CT molecular complexity index is 440. The average Bonchev–Trinajstić information content (AvgIpc) is 2.50. The van der Waals surface area contributed by atoms with E-state index in [1.807, 2.05) is 0 Å². The van der Waals surface area contributed by atoms with Gasteiger partial charge in [-0.25, -0.2) is 0 Å². The zero-order valence-corrected chi connectivity index (χ0v) is 12.0. The molecule has 0 aromatic heterocycles. The lowest BCUT2D eigenvalue weighted by molar-refractivity contribution is -0.287. The van der Waals surface area contributed by atoms with Crippen LogP contribution in [0.15, 0.2) is 24.3 Å². The van der Waals surface area contributed by atoms with Crippen LogP contribution in [0.5, 0.6) is 5.75 Å². The molecule has 1 aromatic rings. The summed E-state index contributed by atoms with van der Waals surface area (Å²) in [6, 6.07) is 6.80. The van der Waals surface area contributed by atoms with E-state index in [0.29, 0.717) is 11.4 Å². The number of nitrogen functional groups attached to an aromatic ring is 1. The summed E-state index contributed by atoms with van der Waals surface area (Å²) in [5, 5.41) is 19.4. The molecule has 0 unspecified atom stereocenters. The molecule has 1 aliphatic rings. The number of anilines is 1. The van der Waals surface area contributed by atoms with Crippen molar-refractivity contribution in [2.75, 3.05) is 26.6 Å². The fraction of sp³-hybridized carbons (Fsp3) is 0.571. The number of hydrogen-bond acceptors (Lipinski definition) is 7. The number of aliphatic hydroxyl groups is 2. The SMILES string of the molecule is CO[C@@H]1[C@@H](Oc2ccc(N)cc2)O[C@H](CO)[C@@H](O)[C@@H]1OC. The summed E-state index contributed by atoms with van der Waals surface area (Å²) < 4.78 is 21.9. The number of rotatable bonds is 5. The van der Waals surface area contributed by atoms with Gasteiger partial charge in [0.1, 0.15) is 30.2 Å². The van der Waals surface area contributed by atoms with Crippen LogP contribution in [-0.2, 0) is 14.2 Å². The molecule has 7 nitrogen and oxygen atoms in total. The Morgan fingerprint density at radius 1 is 1.14 bits per heavy atom. The van der Waals surface area contributed by atoms with Crippen molar-refractivity contribution in [2.45, 2.75) is 30.7 Å². The lowest BCUT2D eigenvalue weighted by Crippen LogP contribution is -2.61. The van der Waals surface area contributed by atoms with E-state index in [1.54, 1.807) is 24.3 Å². The molecule has 4 N–H and O–H groups in total. The summed E-state index contributed by atoms with van der Waals surface area (Å²) in [5.41, 5.74) is 6.24. The van der Waals surface area contributed by atoms with Gasteiger partial charge in [0.2, 0.25) is 6.29 Å². The number of ether oxygens (including phenoxy) is 4. The van der Waals surface area contributed by atoms with Crippen molar-refractivity contribution in [3.63, 3.8) is 0 Å². The number of nitrogens with two attached hydrogens (primary N) is 1. The Morgan fingerprint density at radius 3 is 2.29 bits per heavy atom. The Morgan fingerprint density at radius 2 is 1.76 bits per heavy atom. The summed E-state index contributed by atoms with van der Waals surface area (Å²) in [5.74, 6) is 0.541. The third-order valence-corrected chi connectivity index (χ3v) is 3.48. The van der Waals surface area contributed by atoms with Crippen LogP contribution in [0.4, 0.5) is 5.69 Å². The van der Waals surface area contributed by atoms with Gasteiger partial charge in [-0.05, 0) is 24.3 Å². The molecule has 118 valence electrons. The van der Waals surface area contributed by atoms with Crippen LogP contribution in [0, 0.1) is 0 Å². The van der Waals surface area contributed by atoms with Crippen LogP contribution in [0.3, 0.4) is 0 Å². The Balaban J connectivity index is 2.16. The highest BCUT2D eigenvalue weighted by molar-refractivity contribution is 5.41. The second kappa shape index (κ2) is 7.06. The summed E-state index contributed by atoms with van der Waals surface area (Å²) in [7, 11) is 2.94. The first kappa shape index (κ1) is 16.0. The number of methoxy groups -OCH3 is 2. The lowest BCUT2D eigenvalue weighted by Gasteiger charge is -2.42. The van der Waals surface area contributed by atoms with Crippen LogP contribution in [0.25, 0.3) is 0 Å². The maximum atomic E-state index is 10.1. The van der Waals surface area contributed by atoms with Gasteiger partial charge in [0.25, 0.3) is 0 Å². The molecule has 0 spiro atoms. The molecule has 1 aliphatic heterocycles. The van der Waals surface area contributed by atoms with E-state index in [-0.39, 0.29) is 6.61 Å². The zero-order chi connectivity index (χ0) is 15.4. The van der Waals surface area contributed by atoms with Gasteiger partial charge in [0.05, 0.1) is 6.61 Å². The highest BCUT2D eigenvalue weighted by Crippen LogP contribution is 2.27. The molecule has 0 radical (unpaired) electrons. The molecule has 1 aromatic carbocycles. The van der Waals surface area contributed by atoms with Gasteiger partial charge in [-0.3, -0.25) is 0 Å². The molecule has 21 heavy (non-hydrogen) atoms. The summed E-state index contributed by atoms with van der Waals surface area (Å²) in [4.78, 5) is 0. The predicted octanol–water partition coefficient (Wildman–Crippen LogP) is -0.244. The van der Waals surface area contributed by atoms with Crippen molar-refractivity contribution < 1.29 is 29.2 Å². The molecule has 0 aliphatic carbocycles. The van der Waals surface area contributed by atoms with Gasteiger partial charge >= 0.3 is 0 Å². The molecule has 1 heterocycles. The predicted molar refractivity (Wildman–Crippen MR) is 74.8 cm³/mol. The normalized spacial score (nSPS) is 32.9. The first-order valence-corrected chi connectivity index (χ1v) is 6.63. The molecular formula is C14H21NO6. The molecule has 5 atom stereocenters. The molecule has 0 saturated carbocycles. The van der Waals surface area contributed by atoms with Gasteiger partial charge in [-0.15, -0.1) is 0 Å². The quantitative estimate of drug-likeness (QED) is 0.644. The van der Waals surface area contributed by atoms with Crippen LogP contribution in [0.2, 0.25) is 0 Å². The van der Waals surface area contributed by atoms with E-state index in [2.05, 4.69) is 0 Å². The van der Waals surface area contributed by atoms with Gasteiger partial charge in [-0.1, -0.05) is 0 Å².